The van der Waals surface area contributed by atoms with Crippen LogP contribution in [0.5, 0.6) is 0 Å². The molecule has 0 aliphatic carbocycles. The summed E-state index contributed by atoms with van der Waals surface area (Å²) in [6.07, 6.45) is 2.90. The van der Waals surface area contributed by atoms with E-state index < -0.39 is 27.2 Å². The van der Waals surface area contributed by atoms with Crippen LogP contribution in [0.1, 0.15) is 39.5 Å². The van der Waals surface area contributed by atoms with Gasteiger partial charge in [0.05, 0.1) is 0 Å². The molecule has 1 unspecified atom stereocenters. The predicted octanol–water partition coefficient (Wildman–Crippen LogP) is 1.52. The molecular weight excluding hydrogens is 292 g/mol. The van der Waals surface area contributed by atoms with Crippen LogP contribution in [-0.2, 0) is 4.57 Å². The van der Waals surface area contributed by atoms with Gasteiger partial charge in [-0.1, -0.05) is 33.1 Å². The van der Waals surface area contributed by atoms with Gasteiger partial charge in [0.15, 0.2) is 11.6 Å². The van der Waals surface area contributed by atoms with Crippen molar-refractivity contribution < 1.29 is 29.0 Å². The molecule has 0 amide bonds. The summed E-state index contributed by atoms with van der Waals surface area (Å²) in [5, 5.41) is 0. The molecule has 0 aliphatic rings. The average molecular weight is 316 g/mol. The van der Waals surface area contributed by atoms with Crippen LogP contribution in [0.2, 0.25) is 0 Å². The second-order valence-corrected chi connectivity index (χ2v) is 7.87. The minimum Gasteiger partial charge on any atom is -0.320 e. The Bertz CT molecular complexity index is 335. The third-order valence-corrected chi connectivity index (χ3v) is 4.71. The minimum atomic E-state index is -4.67. The molecule has 1 atom stereocenters. The molecule has 0 spiro atoms. The molecule has 0 rings (SSSR count). The van der Waals surface area contributed by atoms with Crippen LogP contribution in [0.4, 0.5) is 0 Å². The molecule has 0 saturated heterocycles. The second-order valence-electron chi connectivity index (χ2n) is 4.57. The van der Waals surface area contributed by atoms with Crippen molar-refractivity contribution in [1.82, 2.24) is 0 Å². The standard InChI is InChI=1S/C10H23NO6P2/c1-3-5-6-9(4-2)7-11-10(19(15,16)17)8-18(12,13)14/h9,12-14H,3-8H2,1-2H3,(H-,15,16,17)/p+1. The number of hydrogen-bond donors (Lipinski definition) is 5. The first kappa shape index (κ1) is 19.1. The summed E-state index contributed by atoms with van der Waals surface area (Å²) in [5.41, 5.74) is -0.636. The van der Waals surface area contributed by atoms with Gasteiger partial charge in [0.1, 0.15) is 0 Å². The zero-order chi connectivity index (χ0) is 15.1. The van der Waals surface area contributed by atoms with Crippen molar-refractivity contribution in [2.24, 2.45) is 10.9 Å². The lowest BCUT2D eigenvalue weighted by atomic mass is 10.00. The molecule has 9 heteroatoms. The number of nitrogens with zero attached hydrogens (tertiary/aromatic N) is 1. The molecule has 0 aliphatic heterocycles. The second kappa shape index (κ2) is 8.42. The number of unbranched alkanes of at least 4 members (excludes halogenated alkanes) is 1. The molecule has 5 N–H and O–H groups in total. The number of rotatable bonds is 9. The van der Waals surface area contributed by atoms with Crippen molar-refractivity contribution in [3.05, 3.63) is 0 Å². The maximum atomic E-state index is 11.2. The lowest BCUT2D eigenvalue weighted by Crippen LogP contribution is -2.13. The number of aliphatic imine (C=N–C) groups is 1. The SMILES string of the molecule is CCCCC(CC)CN=C(C[P+](O)(O)O)P(=O)(O)O. The summed E-state index contributed by atoms with van der Waals surface area (Å²) < 4.78 is 11.2. The fourth-order valence-electron chi connectivity index (χ4n) is 1.58. The highest BCUT2D eigenvalue weighted by molar-refractivity contribution is 7.74. The van der Waals surface area contributed by atoms with Crippen LogP contribution in [0.25, 0.3) is 0 Å². The van der Waals surface area contributed by atoms with Crippen LogP contribution in [0, 0.1) is 5.92 Å². The zero-order valence-corrected chi connectivity index (χ0v) is 13.1. The van der Waals surface area contributed by atoms with Crippen LogP contribution < -0.4 is 0 Å². The van der Waals surface area contributed by atoms with E-state index in [0.717, 1.165) is 25.7 Å². The fraction of sp³-hybridized carbons (Fsp3) is 0.900. The quantitative estimate of drug-likeness (QED) is 0.324. The van der Waals surface area contributed by atoms with Crippen molar-refractivity contribution >= 4 is 21.0 Å². The summed E-state index contributed by atoms with van der Waals surface area (Å²) in [4.78, 5) is 48.7. The molecule has 0 radical (unpaired) electrons. The fourth-order valence-corrected chi connectivity index (χ4v) is 3.63. The van der Waals surface area contributed by atoms with E-state index in [1.165, 1.54) is 0 Å². The Morgan fingerprint density at radius 3 is 2.21 bits per heavy atom. The van der Waals surface area contributed by atoms with E-state index >= 15 is 0 Å². The molecule has 0 aromatic carbocycles. The molecule has 0 fully saturated rings. The maximum Gasteiger partial charge on any atom is 0.410 e. The van der Waals surface area contributed by atoms with Gasteiger partial charge in [0, 0.05) is 6.54 Å². The lowest BCUT2D eigenvalue weighted by molar-refractivity contribution is 0.335. The molecule has 19 heavy (non-hydrogen) atoms. The molecule has 0 heterocycles. The average Bonchev–Trinajstić information content (AvgIpc) is 2.24. The van der Waals surface area contributed by atoms with E-state index in [0.29, 0.717) is 0 Å². The van der Waals surface area contributed by atoms with Crippen molar-refractivity contribution in [3.63, 3.8) is 0 Å². The Kier molecular flexibility index (Phi) is 8.48. The Morgan fingerprint density at radius 2 is 1.84 bits per heavy atom. The van der Waals surface area contributed by atoms with E-state index in [1.807, 2.05) is 6.92 Å². The van der Waals surface area contributed by atoms with E-state index in [4.69, 9.17) is 24.5 Å². The molecular formula is C10H24NO6P2+. The monoisotopic (exact) mass is 316 g/mol. The van der Waals surface area contributed by atoms with Crippen LogP contribution in [-0.4, -0.2) is 42.6 Å². The summed E-state index contributed by atoms with van der Waals surface area (Å²) in [6, 6.07) is 0. The highest BCUT2D eigenvalue weighted by Gasteiger charge is 2.39. The normalized spacial score (nSPS) is 15.6. The maximum absolute atomic E-state index is 11.2. The van der Waals surface area contributed by atoms with Gasteiger partial charge in [-0.25, -0.2) is 0 Å². The summed E-state index contributed by atoms with van der Waals surface area (Å²) in [6.45, 7) is 4.24. The van der Waals surface area contributed by atoms with Crippen LogP contribution >= 0.6 is 15.5 Å². The Labute approximate surface area is 114 Å². The summed E-state index contributed by atoms with van der Waals surface area (Å²) in [5.74, 6) is 0.199. The first-order chi connectivity index (χ1) is 8.60. The van der Waals surface area contributed by atoms with E-state index in [2.05, 4.69) is 11.9 Å². The molecule has 0 aromatic rings. The highest BCUT2D eigenvalue weighted by atomic mass is 31.2. The Balaban J connectivity index is 4.77. The zero-order valence-electron chi connectivity index (χ0n) is 11.3. The summed E-state index contributed by atoms with van der Waals surface area (Å²) >= 11 is 0. The van der Waals surface area contributed by atoms with Gasteiger partial charge in [-0.15, -0.1) is 0 Å². The lowest BCUT2D eigenvalue weighted by Gasteiger charge is -2.14. The predicted molar refractivity (Wildman–Crippen MR) is 76.1 cm³/mol. The molecule has 7 nitrogen and oxygen atoms in total. The molecule has 114 valence electrons. The van der Waals surface area contributed by atoms with Gasteiger partial charge < -0.3 is 9.79 Å². The minimum absolute atomic E-state index is 0.199. The van der Waals surface area contributed by atoms with Crippen molar-refractivity contribution in [1.29, 1.82) is 0 Å². The van der Waals surface area contributed by atoms with Gasteiger partial charge in [-0.2, -0.15) is 14.7 Å². The topological polar surface area (TPSA) is 131 Å². The number of hydrogen-bond acceptors (Lipinski definition) is 5. The van der Waals surface area contributed by atoms with Crippen LogP contribution in [0.15, 0.2) is 4.99 Å². The van der Waals surface area contributed by atoms with Gasteiger partial charge >= 0.3 is 15.5 Å². The molecule has 0 aromatic heterocycles. The first-order valence-corrected chi connectivity index (χ1v) is 9.70. The van der Waals surface area contributed by atoms with E-state index in [9.17, 15) is 4.57 Å². The van der Waals surface area contributed by atoms with Crippen molar-refractivity contribution in [3.8, 4) is 0 Å². The third kappa shape index (κ3) is 9.63. The Hall–Kier alpha value is 0.130. The van der Waals surface area contributed by atoms with Gasteiger partial charge in [0.2, 0.25) is 0 Å². The van der Waals surface area contributed by atoms with E-state index in [-0.39, 0.29) is 12.5 Å². The van der Waals surface area contributed by atoms with Gasteiger partial charge in [-0.05, 0) is 12.3 Å². The largest absolute Gasteiger partial charge is 0.410 e. The Morgan fingerprint density at radius 1 is 1.26 bits per heavy atom. The third-order valence-electron chi connectivity index (χ3n) is 2.77. The van der Waals surface area contributed by atoms with Crippen LogP contribution in [0.3, 0.4) is 0 Å². The van der Waals surface area contributed by atoms with E-state index in [1.54, 1.807) is 0 Å². The van der Waals surface area contributed by atoms with Crippen molar-refractivity contribution in [2.45, 2.75) is 39.5 Å². The smallest absolute Gasteiger partial charge is 0.320 e. The van der Waals surface area contributed by atoms with Gasteiger partial charge in [-0.3, -0.25) is 9.56 Å². The molecule has 0 saturated carbocycles. The van der Waals surface area contributed by atoms with Crippen molar-refractivity contribution in [2.75, 3.05) is 12.7 Å². The first-order valence-electron chi connectivity index (χ1n) is 6.25. The summed E-state index contributed by atoms with van der Waals surface area (Å²) in [7, 11) is -8.95. The highest BCUT2D eigenvalue weighted by Crippen LogP contribution is 2.50. The van der Waals surface area contributed by atoms with Gasteiger partial charge in [0.25, 0.3) is 0 Å². The molecule has 0 bridgehead atoms.